The Morgan fingerprint density at radius 1 is 1.04 bits per heavy atom. The molecule has 0 unspecified atom stereocenters. The maximum Gasteiger partial charge on any atom is 0.180 e. The van der Waals surface area contributed by atoms with E-state index in [0.29, 0.717) is 5.75 Å². The van der Waals surface area contributed by atoms with Gasteiger partial charge in [-0.05, 0) is 36.4 Å². The molecule has 24 heavy (non-hydrogen) atoms. The van der Waals surface area contributed by atoms with Gasteiger partial charge in [0.15, 0.2) is 5.78 Å². The molecule has 2 aromatic rings. The minimum atomic E-state index is -0.587. The van der Waals surface area contributed by atoms with Crippen LogP contribution in [0.1, 0.15) is 20.8 Å². The third-order valence-corrected chi connectivity index (χ3v) is 3.26. The second kappa shape index (κ2) is 7.47. The van der Waals surface area contributed by atoms with E-state index in [1.807, 2.05) is 60.7 Å². The number of hydrogen-bond donors (Lipinski definition) is 1. The first kappa shape index (κ1) is 17.3. The van der Waals surface area contributed by atoms with Gasteiger partial charge >= 0.3 is 0 Å². The second-order valence-corrected chi connectivity index (χ2v) is 6.33. The van der Waals surface area contributed by atoms with Crippen molar-refractivity contribution in [3.05, 3.63) is 66.4 Å². The van der Waals surface area contributed by atoms with Gasteiger partial charge in [0.2, 0.25) is 0 Å². The molecule has 122 valence electrons. The molecule has 0 radical (unpaired) electrons. The van der Waals surface area contributed by atoms with Crippen LogP contribution in [0.15, 0.2) is 66.4 Å². The number of ketones is 1. The molecular weight excluding hydrogens is 300 g/mol. The number of anilines is 1. The van der Waals surface area contributed by atoms with Crippen LogP contribution in [0.25, 0.3) is 0 Å². The van der Waals surface area contributed by atoms with Gasteiger partial charge < -0.3 is 10.1 Å². The van der Waals surface area contributed by atoms with Gasteiger partial charge in [0.05, 0.1) is 0 Å². The van der Waals surface area contributed by atoms with Crippen LogP contribution in [0.3, 0.4) is 0 Å². The van der Waals surface area contributed by atoms with Crippen LogP contribution >= 0.6 is 0 Å². The predicted molar refractivity (Wildman–Crippen MR) is 94.7 cm³/mol. The summed E-state index contributed by atoms with van der Waals surface area (Å²) in [6.07, 6.45) is 1.45. The van der Waals surface area contributed by atoms with E-state index in [1.54, 1.807) is 20.8 Å². The third kappa shape index (κ3) is 4.72. The SMILES string of the molecule is CC(C)(C)C(=O)/C(C#N)=C/Nc1ccc(Oc2ccccc2)cc1. The van der Waals surface area contributed by atoms with Crippen LogP contribution in [0.4, 0.5) is 5.69 Å². The maximum absolute atomic E-state index is 12.1. The smallest absolute Gasteiger partial charge is 0.180 e. The number of ether oxygens (including phenoxy) is 1. The van der Waals surface area contributed by atoms with Crippen LogP contribution < -0.4 is 10.1 Å². The van der Waals surface area contributed by atoms with E-state index in [-0.39, 0.29) is 11.4 Å². The van der Waals surface area contributed by atoms with E-state index in [0.717, 1.165) is 11.4 Å². The van der Waals surface area contributed by atoms with Crippen LogP contribution in [-0.4, -0.2) is 5.78 Å². The van der Waals surface area contributed by atoms with Crippen molar-refractivity contribution >= 4 is 11.5 Å². The number of allylic oxidation sites excluding steroid dienone is 1. The summed E-state index contributed by atoms with van der Waals surface area (Å²) in [6, 6.07) is 18.7. The lowest BCUT2D eigenvalue weighted by molar-refractivity contribution is -0.122. The summed E-state index contributed by atoms with van der Waals surface area (Å²) in [5.74, 6) is 1.28. The highest BCUT2D eigenvalue weighted by molar-refractivity contribution is 6.02. The monoisotopic (exact) mass is 320 g/mol. The average molecular weight is 320 g/mol. The van der Waals surface area contributed by atoms with Crippen molar-refractivity contribution in [1.82, 2.24) is 0 Å². The van der Waals surface area contributed by atoms with Gasteiger partial charge in [-0.2, -0.15) is 5.26 Å². The molecule has 0 saturated heterocycles. The number of Topliss-reactive ketones (excluding diaryl/α,β-unsaturated/α-hetero) is 1. The zero-order chi connectivity index (χ0) is 17.6. The number of hydrogen-bond acceptors (Lipinski definition) is 4. The quantitative estimate of drug-likeness (QED) is 0.628. The second-order valence-electron chi connectivity index (χ2n) is 6.33. The first-order valence-corrected chi connectivity index (χ1v) is 7.65. The van der Waals surface area contributed by atoms with E-state index in [1.165, 1.54) is 6.20 Å². The largest absolute Gasteiger partial charge is 0.457 e. The molecule has 0 atom stereocenters. The molecule has 0 bridgehead atoms. The van der Waals surface area contributed by atoms with E-state index < -0.39 is 5.41 Å². The predicted octanol–water partition coefficient (Wildman–Crippen LogP) is 4.91. The lowest BCUT2D eigenvalue weighted by Crippen LogP contribution is -2.22. The molecule has 2 rings (SSSR count). The molecule has 0 heterocycles. The Labute approximate surface area is 142 Å². The van der Waals surface area contributed by atoms with Gasteiger partial charge in [-0.1, -0.05) is 39.0 Å². The number of nitrogens with one attached hydrogen (secondary N) is 1. The van der Waals surface area contributed by atoms with Gasteiger partial charge in [0, 0.05) is 17.3 Å². The van der Waals surface area contributed by atoms with E-state index in [9.17, 15) is 4.79 Å². The molecule has 0 aliphatic heterocycles. The molecule has 0 aromatic heterocycles. The summed E-state index contributed by atoms with van der Waals surface area (Å²) in [5.41, 5.74) is 0.286. The molecule has 0 aliphatic rings. The summed E-state index contributed by atoms with van der Waals surface area (Å²) < 4.78 is 5.71. The van der Waals surface area contributed by atoms with Crippen molar-refractivity contribution < 1.29 is 9.53 Å². The summed E-state index contributed by atoms with van der Waals surface area (Å²) in [4.78, 5) is 12.1. The summed E-state index contributed by atoms with van der Waals surface area (Å²) >= 11 is 0. The summed E-state index contributed by atoms with van der Waals surface area (Å²) in [6.45, 7) is 5.36. The number of para-hydroxylation sites is 1. The lowest BCUT2D eigenvalue weighted by Gasteiger charge is -2.15. The number of benzene rings is 2. The Balaban J connectivity index is 2.05. The van der Waals surface area contributed by atoms with Crippen molar-refractivity contribution in [3.8, 4) is 17.6 Å². The molecule has 0 amide bonds. The average Bonchev–Trinajstić information content (AvgIpc) is 2.57. The number of nitriles is 1. The standard InChI is InChI=1S/C20H20N2O2/c1-20(2,3)19(23)15(13-21)14-22-16-9-11-18(12-10-16)24-17-7-5-4-6-8-17/h4-12,14,22H,1-3H3/b15-14+. The molecule has 0 fully saturated rings. The Morgan fingerprint density at radius 2 is 1.62 bits per heavy atom. The molecule has 0 spiro atoms. The fourth-order valence-electron chi connectivity index (χ4n) is 1.95. The van der Waals surface area contributed by atoms with Gasteiger partial charge in [0.25, 0.3) is 0 Å². The van der Waals surface area contributed by atoms with Crippen LogP contribution in [0.5, 0.6) is 11.5 Å². The van der Waals surface area contributed by atoms with Crippen LogP contribution in [-0.2, 0) is 4.79 Å². The van der Waals surface area contributed by atoms with Crippen molar-refractivity contribution in [2.24, 2.45) is 5.41 Å². The van der Waals surface area contributed by atoms with E-state index in [2.05, 4.69) is 5.32 Å². The molecule has 0 aliphatic carbocycles. The number of carbonyl (C=O) groups is 1. The zero-order valence-electron chi connectivity index (χ0n) is 14.0. The summed E-state index contributed by atoms with van der Waals surface area (Å²) in [7, 11) is 0. The van der Waals surface area contributed by atoms with Gasteiger partial charge in [-0.25, -0.2) is 0 Å². The van der Waals surface area contributed by atoms with Crippen molar-refractivity contribution in [1.29, 1.82) is 5.26 Å². The highest BCUT2D eigenvalue weighted by atomic mass is 16.5. The van der Waals surface area contributed by atoms with Crippen LogP contribution in [0, 0.1) is 16.7 Å². The Morgan fingerprint density at radius 3 is 2.17 bits per heavy atom. The molecule has 1 N–H and O–H groups in total. The van der Waals surface area contributed by atoms with Gasteiger partial charge in [-0.15, -0.1) is 0 Å². The summed E-state index contributed by atoms with van der Waals surface area (Å²) in [5, 5.41) is 12.1. The highest BCUT2D eigenvalue weighted by Crippen LogP contribution is 2.23. The minimum absolute atomic E-state index is 0.104. The molecule has 4 nitrogen and oxygen atoms in total. The topological polar surface area (TPSA) is 62.1 Å². The maximum atomic E-state index is 12.1. The molecular formula is C20H20N2O2. The first-order valence-electron chi connectivity index (χ1n) is 7.65. The first-order chi connectivity index (χ1) is 11.4. The van der Waals surface area contributed by atoms with E-state index >= 15 is 0 Å². The van der Waals surface area contributed by atoms with Gasteiger partial charge in [-0.3, -0.25) is 4.79 Å². The third-order valence-electron chi connectivity index (χ3n) is 3.26. The Kier molecular flexibility index (Phi) is 5.39. The van der Waals surface area contributed by atoms with E-state index in [4.69, 9.17) is 10.00 Å². The van der Waals surface area contributed by atoms with Gasteiger partial charge in [0.1, 0.15) is 23.1 Å². The fourth-order valence-corrected chi connectivity index (χ4v) is 1.95. The number of nitrogens with zero attached hydrogens (tertiary/aromatic N) is 1. The van der Waals surface area contributed by atoms with Crippen molar-refractivity contribution in [2.45, 2.75) is 20.8 Å². The normalized spacial score (nSPS) is 11.5. The Hall–Kier alpha value is -3.06. The molecule has 4 heteroatoms. The molecule has 2 aromatic carbocycles. The molecule has 0 saturated carbocycles. The Bertz CT molecular complexity index is 764. The minimum Gasteiger partial charge on any atom is -0.457 e. The zero-order valence-corrected chi connectivity index (χ0v) is 14.0. The van der Waals surface area contributed by atoms with Crippen LogP contribution in [0.2, 0.25) is 0 Å². The number of carbonyl (C=O) groups excluding carboxylic acids is 1. The highest BCUT2D eigenvalue weighted by Gasteiger charge is 2.24. The fraction of sp³-hybridized carbons (Fsp3) is 0.200. The van der Waals surface area contributed by atoms with Crippen molar-refractivity contribution in [2.75, 3.05) is 5.32 Å². The van der Waals surface area contributed by atoms with Crippen molar-refractivity contribution in [3.63, 3.8) is 0 Å². The number of rotatable bonds is 5. The lowest BCUT2D eigenvalue weighted by atomic mass is 9.87.